The summed E-state index contributed by atoms with van der Waals surface area (Å²) in [5.74, 6) is 0.826. The molecule has 1 amide bonds. The minimum absolute atomic E-state index is 0.0877. The van der Waals surface area contributed by atoms with Crippen LogP contribution >= 0.6 is 11.3 Å². The lowest BCUT2D eigenvalue weighted by Gasteiger charge is -2.35. The molecule has 6 heteroatoms. The summed E-state index contributed by atoms with van der Waals surface area (Å²) in [6.45, 7) is 4.51. The molecular formula is C18H24N4OS. The number of carbonyl (C=O) groups is 1. The van der Waals surface area contributed by atoms with E-state index >= 15 is 0 Å². The number of amides is 1. The van der Waals surface area contributed by atoms with E-state index in [0.29, 0.717) is 5.56 Å². The van der Waals surface area contributed by atoms with Crippen LogP contribution in [0.4, 0.5) is 5.82 Å². The fraction of sp³-hybridized carbons (Fsp3) is 0.444. The number of thiophene rings is 1. The van der Waals surface area contributed by atoms with Crippen LogP contribution in [0.5, 0.6) is 0 Å². The van der Waals surface area contributed by atoms with Crippen LogP contribution in [0.2, 0.25) is 0 Å². The van der Waals surface area contributed by atoms with Gasteiger partial charge in [-0.15, -0.1) is 11.3 Å². The third-order valence-corrected chi connectivity index (χ3v) is 5.29. The molecule has 1 saturated heterocycles. The molecule has 0 radical (unpaired) electrons. The molecule has 1 aliphatic rings. The van der Waals surface area contributed by atoms with Crippen molar-refractivity contribution in [3.05, 3.63) is 46.3 Å². The fourth-order valence-electron chi connectivity index (χ4n) is 2.99. The first-order chi connectivity index (χ1) is 11.6. The average Bonchev–Trinajstić information content (AvgIpc) is 3.13. The Kier molecular flexibility index (Phi) is 5.48. The monoisotopic (exact) mass is 344 g/mol. The predicted octanol–water partition coefficient (Wildman–Crippen LogP) is 2.21. The molecule has 1 fully saturated rings. The maximum atomic E-state index is 12.8. The summed E-state index contributed by atoms with van der Waals surface area (Å²) in [4.78, 5) is 24.9. The Labute approximate surface area is 147 Å². The number of hydrogen-bond donors (Lipinski definition) is 0. The van der Waals surface area contributed by atoms with Crippen LogP contribution < -0.4 is 4.90 Å². The van der Waals surface area contributed by atoms with Crippen LogP contribution in [0, 0.1) is 0 Å². The van der Waals surface area contributed by atoms with Gasteiger partial charge in [0.05, 0.1) is 5.56 Å². The number of anilines is 1. The fourth-order valence-corrected chi connectivity index (χ4v) is 3.69. The molecule has 0 unspecified atom stereocenters. The van der Waals surface area contributed by atoms with Gasteiger partial charge in [-0.1, -0.05) is 6.07 Å². The van der Waals surface area contributed by atoms with E-state index in [4.69, 9.17) is 0 Å². The first-order valence-corrected chi connectivity index (χ1v) is 9.19. The predicted molar refractivity (Wildman–Crippen MR) is 98.9 cm³/mol. The number of aromatic nitrogens is 1. The number of pyridine rings is 1. The van der Waals surface area contributed by atoms with Gasteiger partial charge in [0.2, 0.25) is 0 Å². The third kappa shape index (κ3) is 3.94. The molecule has 0 aromatic carbocycles. The standard InChI is InChI=1S/C18H24N4OS/c1-20(2)17-16(6-3-8-19-17)18(23)22-12-10-21(11-13-22)9-7-15-5-4-14-24-15/h3-6,8,14H,7,9-13H2,1-2H3. The number of nitrogens with zero attached hydrogens (tertiary/aromatic N) is 4. The molecule has 1 aliphatic heterocycles. The zero-order valence-electron chi connectivity index (χ0n) is 14.3. The summed E-state index contributed by atoms with van der Waals surface area (Å²) in [5.41, 5.74) is 0.689. The Morgan fingerprint density at radius 2 is 2.00 bits per heavy atom. The van der Waals surface area contributed by atoms with Crippen LogP contribution in [0.15, 0.2) is 35.8 Å². The van der Waals surface area contributed by atoms with Crippen LogP contribution in [-0.4, -0.2) is 67.5 Å². The van der Waals surface area contributed by atoms with Crippen LogP contribution in [0.1, 0.15) is 15.2 Å². The number of hydrogen-bond acceptors (Lipinski definition) is 5. The van der Waals surface area contributed by atoms with Crippen LogP contribution in [-0.2, 0) is 6.42 Å². The summed E-state index contributed by atoms with van der Waals surface area (Å²) in [6.07, 6.45) is 2.83. The van der Waals surface area contributed by atoms with Crippen molar-refractivity contribution >= 4 is 23.1 Å². The van der Waals surface area contributed by atoms with Gasteiger partial charge in [-0.2, -0.15) is 0 Å². The van der Waals surface area contributed by atoms with Crippen molar-refractivity contribution in [1.82, 2.24) is 14.8 Å². The van der Waals surface area contributed by atoms with E-state index in [0.717, 1.165) is 45.0 Å². The van der Waals surface area contributed by atoms with E-state index in [-0.39, 0.29) is 5.91 Å². The summed E-state index contributed by atoms with van der Waals surface area (Å²) in [6, 6.07) is 7.99. The van der Waals surface area contributed by atoms with Crippen molar-refractivity contribution < 1.29 is 4.79 Å². The molecule has 5 nitrogen and oxygen atoms in total. The van der Waals surface area contributed by atoms with E-state index in [9.17, 15) is 4.79 Å². The third-order valence-electron chi connectivity index (χ3n) is 4.35. The Bertz CT molecular complexity index is 663. The molecule has 0 N–H and O–H groups in total. The largest absolute Gasteiger partial charge is 0.362 e. The van der Waals surface area contributed by atoms with Crippen molar-refractivity contribution in [2.75, 3.05) is 51.7 Å². The maximum absolute atomic E-state index is 12.8. The van der Waals surface area contributed by atoms with E-state index in [1.807, 2.05) is 47.4 Å². The van der Waals surface area contributed by atoms with E-state index in [1.54, 1.807) is 6.20 Å². The number of carbonyl (C=O) groups excluding carboxylic acids is 1. The van der Waals surface area contributed by atoms with Crippen molar-refractivity contribution in [2.24, 2.45) is 0 Å². The lowest BCUT2D eigenvalue weighted by atomic mass is 10.2. The Morgan fingerprint density at radius 3 is 2.67 bits per heavy atom. The minimum atomic E-state index is 0.0877. The van der Waals surface area contributed by atoms with Crippen LogP contribution in [0.25, 0.3) is 0 Å². The molecule has 0 saturated carbocycles. The number of piperazine rings is 1. The highest BCUT2D eigenvalue weighted by atomic mass is 32.1. The molecule has 128 valence electrons. The van der Waals surface area contributed by atoms with Crippen molar-refractivity contribution in [3.8, 4) is 0 Å². The van der Waals surface area contributed by atoms with Crippen molar-refractivity contribution in [2.45, 2.75) is 6.42 Å². The van der Waals surface area contributed by atoms with Crippen molar-refractivity contribution in [3.63, 3.8) is 0 Å². The van der Waals surface area contributed by atoms with E-state index < -0.39 is 0 Å². The second-order valence-electron chi connectivity index (χ2n) is 6.23. The van der Waals surface area contributed by atoms with Gasteiger partial charge >= 0.3 is 0 Å². The number of rotatable bonds is 5. The zero-order valence-corrected chi connectivity index (χ0v) is 15.1. The van der Waals surface area contributed by atoms with Crippen LogP contribution in [0.3, 0.4) is 0 Å². The second-order valence-corrected chi connectivity index (χ2v) is 7.26. The smallest absolute Gasteiger partial charge is 0.257 e. The normalized spacial score (nSPS) is 15.5. The second kappa shape index (κ2) is 7.77. The quantitative estimate of drug-likeness (QED) is 0.834. The highest BCUT2D eigenvalue weighted by Gasteiger charge is 2.24. The Hall–Kier alpha value is -1.92. The van der Waals surface area contributed by atoms with Gasteiger partial charge in [0, 0.05) is 57.9 Å². The molecular weight excluding hydrogens is 320 g/mol. The highest BCUT2D eigenvalue weighted by molar-refractivity contribution is 7.09. The lowest BCUT2D eigenvalue weighted by Crippen LogP contribution is -2.49. The summed E-state index contributed by atoms with van der Waals surface area (Å²) < 4.78 is 0. The topological polar surface area (TPSA) is 39.7 Å². The van der Waals surface area contributed by atoms with Gasteiger partial charge in [-0.25, -0.2) is 4.98 Å². The average molecular weight is 344 g/mol. The molecule has 3 heterocycles. The molecule has 0 spiro atoms. The first-order valence-electron chi connectivity index (χ1n) is 8.31. The SMILES string of the molecule is CN(C)c1ncccc1C(=O)N1CCN(CCc2cccs2)CC1. The lowest BCUT2D eigenvalue weighted by molar-refractivity contribution is 0.0639. The summed E-state index contributed by atoms with van der Waals surface area (Å²) >= 11 is 1.82. The zero-order chi connectivity index (χ0) is 16.9. The highest BCUT2D eigenvalue weighted by Crippen LogP contribution is 2.18. The van der Waals surface area contributed by atoms with Gasteiger partial charge in [0.1, 0.15) is 5.82 Å². The summed E-state index contributed by atoms with van der Waals surface area (Å²) in [7, 11) is 3.84. The first kappa shape index (κ1) is 16.9. The Balaban J connectivity index is 1.55. The molecule has 24 heavy (non-hydrogen) atoms. The summed E-state index contributed by atoms with van der Waals surface area (Å²) in [5, 5.41) is 2.13. The van der Waals surface area contributed by atoms with Gasteiger partial charge in [0.15, 0.2) is 0 Å². The molecule has 0 bridgehead atoms. The van der Waals surface area contributed by atoms with Crippen molar-refractivity contribution in [1.29, 1.82) is 0 Å². The van der Waals surface area contributed by atoms with Gasteiger partial charge in [-0.05, 0) is 30.0 Å². The van der Waals surface area contributed by atoms with E-state index in [2.05, 4.69) is 27.4 Å². The van der Waals surface area contributed by atoms with Gasteiger partial charge in [-0.3, -0.25) is 9.69 Å². The molecule has 0 aliphatic carbocycles. The van der Waals surface area contributed by atoms with Gasteiger partial charge in [0.25, 0.3) is 5.91 Å². The minimum Gasteiger partial charge on any atom is -0.362 e. The Morgan fingerprint density at radius 1 is 1.21 bits per heavy atom. The van der Waals surface area contributed by atoms with E-state index in [1.165, 1.54) is 4.88 Å². The molecule has 3 rings (SSSR count). The molecule has 2 aromatic rings. The molecule has 0 atom stereocenters. The van der Waals surface area contributed by atoms with Gasteiger partial charge < -0.3 is 9.80 Å². The maximum Gasteiger partial charge on any atom is 0.257 e. The molecule has 2 aromatic heterocycles.